The molecule has 0 radical (unpaired) electrons. The summed E-state index contributed by atoms with van der Waals surface area (Å²) >= 11 is 0. The van der Waals surface area contributed by atoms with Gasteiger partial charge in [-0.3, -0.25) is 0 Å². The predicted molar refractivity (Wildman–Crippen MR) is 126 cm³/mol. The maximum Gasteiger partial charge on any atom is 0.135 e. The number of ether oxygens (including phenoxy) is 2. The van der Waals surface area contributed by atoms with Crippen molar-refractivity contribution in [3.63, 3.8) is 0 Å². The first-order valence-electron chi connectivity index (χ1n) is 12.1. The summed E-state index contributed by atoms with van der Waals surface area (Å²) in [7, 11) is 0. The Bertz CT molecular complexity index is 844. The second-order valence-electron chi connectivity index (χ2n) is 9.38. The Kier molecular flexibility index (Phi) is 6.11. The van der Waals surface area contributed by atoms with Gasteiger partial charge in [-0.2, -0.15) is 0 Å². The van der Waals surface area contributed by atoms with Crippen LogP contribution in [0.5, 0.6) is 11.5 Å². The third-order valence-corrected chi connectivity index (χ3v) is 7.21. The van der Waals surface area contributed by atoms with Crippen molar-refractivity contribution in [3.8, 4) is 11.5 Å². The van der Waals surface area contributed by atoms with Gasteiger partial charge in [0, 0.05) is 21.5 Å². The van der Waals surface area contributed by atoms with Crippen LogP contribution in [0.4, 0.5) is 0 Å². The minimum Gasteiger partial charge on any atom is -0.492 e. The predicted octanol–water partition coefficient (Wildman–Crippen LogP) is 7.91. The molecule has 30 heavy (non-hydrogen) atoms. The van der Waals surface area contributed by atoms with E-state index >= 15 is 0 Å². The summed E-state index contributed by atoms with van der Waals surface area (Å²) in [5.74, 6) is 3.46. The third kappa shape index (κ3) is 4.15. The minimum absolute atomic E-state index is 0.693. The van der Waals surface area contributed by atoms with Gasteiger partial charge >= 0.3 is 0 Å². The van der Waals surface area contributed by atoms with Crippen LogP contribution >= 0.6 is 0 Å². The molecule has 0 amide bonds. The summed E-state index contributed by atoms with van der Waals surface area (Å²) < 4.78 is 13.1. The van der Waals surface area contributed by atoms with Crippen molar-refractivity contribution in [1.82, 2.24) is 0 Å². The number of fused-ring (bicyclic) bond motifs is 2. The number of hydrogen-bond acceptors (Lipinski definition) is 2. The van der Waals surface area contributed by atoms with E-state index in [0.29, 0.717) is 11.8 Å². The zero-order valence-electron chi connectivity index (χ0n) is 18.1. The van der Waals surface area contributed by atoms with Gasteiger partial charge in [0.15, 0.2) is 0 Å². The van der Waals surface area contributed by atoms with Gasteiger partial charge < -0.3 is 9.47 Å². The number of hydrogen-bond donors (Lipinski definition) is 0. The van der Waals surface area contributed by atoms with Gasteiger partial charge in [0.05, 0.1) is 13.2 Å². The Morgan fingerprint density at radius 3 is 1.17 bits per heavy atom. The van der Waals surface area contributed by atoms with E-state index in [2.05, 4.69) is 48.5 Å². The van der Waals surface area contributed by atoms with Gasteiger partial charge in [-0.25, -0.2) is 0 Å². The van der Waals surface area contributed by atoms with Crippen LogP contribution in [0, 0.1) is 11.8 Å². The number of rotatable bonds is 6. The molecule has 0 saturated heterocycles. The highest BCUT2D eigenvalue weighted by molar-refractivity contribution is 6.11. The Morgan fingerprint density at radius 1 is 0.500 bits per heavy atom. The standard InChI is InChI=1S/C28H34O2/c1-3-11-21(12-4-1)19-29-27-23-15-7-9-17-25(23)28(26-18-10-8-16-24(26)27)30-20-22-13-5-2-6-14-22/h7-10,15-18,21-22H,1-6,11-14,19-20H2. The molecule has 0 heterocycles. The van der Waals surface area contributed by atoms with Crippen molar-refractivity contribution in [2.45, 2.75) is 64.2 Å². The average Bonchev–Trinajstić information content (AvgIpc) is 2.82. The molecule has 0 aromatic heterocycles. The normalized spacial score (nSPS) is 18.7. The second-order valence-corrected chi connectivity index (χ2v) is 9.38. The van der Waals surface area contributed by atoms with E-state index in [1.54, 1.807) is 0 Å². The fraction of sp³-hybridized carbons (Fsp3) is 0.500. The summed E-state index contributed by atoms with van der Waals surface area (Å²) in [6.45, 7) is 1.66. The quantitative estimate of drug-likeness (QED) is 0.390. The Labute approximate surface area is 180 Å². The molecule has 2 nitrogen and oxygen atoms in total. The topological polar surface area (TPSA) is 18.5 Å². The first kappa shape index (κ1) is 19.7. The maximum atomic E-state index is 6.57. The molecule has 2 heteroatoms. The molecular weight excluding hydrogens is 368 g/mol. The molecule has 0 bridgehead atoms. The Balaban J connectivity index is 1.50. The van der Waals surface area contributed by atoms with Crippen LogP contribution in [0.3, 0.4) is 0 Å². The van der Waals surface area contributed by atoms with E-state index in [4.69, 9.17) is 9.47 Å². The molecule has 0 atom stereocenters. The maximum absolute atomic E-state index is 6.57. The van der Waals surface area contributed by atoms with E-state index < -0.39 is 0 Å². The summed E-state index contributed by atoms with van der Waals surface area (Å²) in [5, 5.41) is 4.74. The first-order chi connectivity index (χ1) is 14.9. The van der Waals surface area contributed by atoms with Crippen LogP contribution in [0.15, 0.2) is 48.5 Å². The highest BCUT2D eigenvalue weighted by atomic mass is 16.5. The van der Waals surface area contributed by atoms with E-state index in [1.165, 1.54) is 85.8 Å². The molecule has 158 valence electrons. The van der Waals surface area contributed by atoms with E-state index in [-0.39, 0.29) is 0 Å². The zero-order chi connectivity index (χ0) is 20.2. The first-order valence-corrected chi connectivity index (χ1v) is 12.1. The molecule has 0 N–H and O–H groups in total. The van der Waals surface area contributed by atoms with Crippen molar-refractivity contribution < 1.29 is 9.47 Å². The van der Waals surface area contributed by atoms with Crippen LogP contribution in [0.1, 0.15) is 64.2 Å². The van der Waals surface area contributed by atoms with Crippen LogP contribution in [0.2, 0.25) is 0 Å². The van der Waals surface area contributed by atoms with Gasteiger partial charge in [-0.05, 0) is 37.5 Å². The average molecular weight is 403 g/mol. The monoisotopic (exact) mass is 402 g/mol. The molecule has 0 unspecified atom stereocenters. The third-order valence-electron chi connectivity index (χ3n) is 7.21. The minimum atomic E-state index is 0.693. The van der Waals surface area contributed by atoms with Gasteiger partial charge in [0.25, 0.3) is 0 Å². The van der Waals surface area contributed by atoms with E-state index in [1.807, 2.05) is 0 Å². The largest absolute Gasteiger partial charge is 0.492 e. The fourth-order valence-electron chi connectivity index (χ4n) is 5.47. The smallest absolute Gasteiger partial charge is 0.135 e. The Hall–Kier alpha value is -2.22. The molecule has 0 aliphatic heterocycles. The molecule has 3 aromatic carbocycles. The molecular formula is C28H34O2. The SMILES string of the molecule is c1ccc2c(OCC3CCCCC3)c3ccccc3c(OCC3CCCCC3)c2c1. The van der Waals surface area contributed by atoms with Gasteiger partial charge in [0.1, 0.15) is 11.5 Å². The summed E-state index contributed by atoms with van der Waals surface area (Å²) in [6.07, 6.45) is 13.4. The van der Waals surface area contributed by atoms with Crippen molar-refractivity contribution in [2.75, 3.05) is 13.2 Å². The molecule has 0 spiro atoms. The zero-order valence-corrected chi connectivity index (χ0v) is 18.1. The molecule has 2 fully saturated rings. The van der Waals surface area contributed by atoms with Crippen LogP contribution < -0.4 is 9.47 Å². The lowest BCUT2D eigenvalue weighted by atomic mass is 9.90. The van der Waals surface area contributed by atoms with Crippen LogP contribution in [-0.2, 0) is 0 Å². The molecule has 2 aliphatic rings. The summed E-state index contributed by atoms with van der Waals surface area (Å²) in [6, 6.07) is 17.3. The summed E-state index contributed by atoms with van der Waals surface area (Å²) in [5.41, 5.74) is 0. The molecule has 2 saturated carbocycles. The van der Waals surface area contributed by atoms with Crippen molar-refractivity contribution in [2.24, 2.45) is 11.8 Å². The number of benzene rings is 3. The van der Waals surface area contributed by atoms with E-state index in [0.717, 1.165) is 24.7 Å². The summed E-state index contributed by atoms with van der Waals surface area (Å²) in [4.78, 5) is 0. The van der Waals surface area contributed by atoms with Crippen molar-refractivity contribution >= 4 is 21.5 Å². The van der Waals surface area contributed by atoms with Gasteiger partial charge in [-0.15, -0.1) is 0 Å². The lowest BCUT2D eigenvalue weighted by Crippen LogP contribution is -2.16. The second kappa shape index (κ2) is 9.29. The van der Waals surface area contributed by atoms with Crippen LogP contribution in [-0.4, -0.2) is 13.2 Å². The van der Waals surface area contributed by atoms with Gasteiger partial charge in [-0.1, -0.05) is 87.1 Å². The Morgan fingerprint density at radius 2 is 0.833 bits per heavy atom. The molecule has 2 aliphatic carbocycles. The van der Waals surface area contributed by atoms with Crippen molar-refractivity contribution in [3.05, 3.63) is 48.5 Å². The molecule has 3 aromatic rings. The highest BCUT2D eigenvalue weighted by Crippen LogP contribution is 2.43. The van der Waals surface area contributed by atoms with Gasteiger partial charge in [0.2, 0.25) is 0 Å². The fourth-order valence-corrected chi connectivity index (χ4v) is 5.47. The van der Waals surface area contributed by atoms with Crippen LogP contribution in [0.25, 0.3) is 21.5 Å². The molecule has 5 rings (SSSR count). The lowest BCUT2D eigenvalue weighted by molar-refractivity contribution is 0.210. The van der Waals surface area contributed by atoms with E-state index in [9.17, 15) is 0 Å². The lowest BCUT2D eigenvalue weighted by Gasteiger charge is -2.25. The highest BCUT2D eigenvalue weighted by Gasteiger charge is 2.20. The van der Waals surface area contributed by atoms with Crippen molar-refractivity contribution in [1.29, 1.82) is 0 Å².